The van der Waals surface area contributed by atoms with E-state index in [1.807, 2.05) is 13.8 Å². The molecule has 21 heavy (non-hydrogen) atoms. The number of nitrogens with one attached hydrogen (secondary N) is 2. The van der Waals surface area contributed by atoms with E-state index in [2.05, 4.69) is 15.6 Å². The van der Waals surface area contributed by atoms with Gasteiger partial charge in [0, 0.05) is 18.8 Å². The molecular weight excluding hydrogens is 274 g/mol. The highest BCUT2D eigenvalue weighted by atomic mass is 16.5. The van der Waals surface area contributed by atoms with Crippen LogP contribution in [0.25, 0.3) is 0 Å². The summed E-state index contributed by atoms with van der Waals surface area (Å²) in [6.07, 6.45) is 1.97. The van der Waals surface area contributed by atoms with Crippen LogP contribution in [0.1, 0.15) is 25.8 Å². The second-order valence-electron chi connectivity index (χ2n) is 5.06. The van der Waals surface area contributed by atoms with Crippen molar-refractivity contribution in [2.75, 3.05) is 7.11 Å². The molecule has 3 N–H and O–H groups in total. The number of amides is 2. The van der Waals surface area contributed by atoms with Gasteiger partial charge in [0.2, 0.25) is 5.88 Å². The largest absolute Gasteiger partial charge is 0.481 e. The van der Waals surface area contributed by atoms with Gasteiger partial charge in [-0.25, -0.2) is 14.6 Å². The molecule has 1 aromatic rings. The molecule has 116 valence electrons. The second-order valence-corrected chi connectivity index (χ2v) is 5.06. The Bertz CT molecular complexity index is 474. The molecule has 0 aromatic carbocycles. The lowest BCUT2D eigenvalue weighted by Crippen LogP contribution is -2.46. The van der Waals surface area contributed by atoms with E-state index in [4.69, 9.17) is 9.84 Å². The van der Waals surface area contributed by atoms with E-state index in [1.54, 1.807) is 18.3 Å². The third-order valence-electron chi connectivity index (χ3n) is 2.77. The van der Waals surface area contributed by atoms with E-state index < -0.39 is 18.0 Å². The van der Waals surface area contributed by atoms with Gasteiger partial charge in [0.25, 0.3) is 0 Å². The second kappa shape index (κ2) is 8.08. The maximum atomic E-state index is 11.7. The SMILES string of the molecule is COc1ccc(CNC(=O)N[C@@H](CC(C)C)C(=O)O)cn1. The Balaban J connectivity index is 2.46. The minimum atomic E-state index is -1.04. The smallest absolute Gasteiger partial charge is 0.326 e. The van der Waals surface area contributed by atoms with Crippen LogP contribution in [0.15, 0.2) is 18.3 Å². The molecule has 0 saturated carbocycles. The average molecular weight is 295 g/mol. The van der Waals surface area contributed by atoms with E-state index >= 15 is 0 Å². The van der Waals surface area contributed by atoms with E-state index in [-0.39, 0.29) is 12.5 Å². The quantitative estimate of drug-likeness (QED) is 0.705. The van der Waals surface area contributed by atoms with Gasteiger partial charge in [-0.2, -0.15) is 0 Å². The van der Waals surface area contributed by atoms with Crippen LogP contribution >= 0.6 is 0 Å². The predicted molar refractivity (Wildman–Crippen MR) is 77.0 cm³/mol. The molecule has 0 bridgehead atoms. The Kier molecular flexibility index (Phi) is 6.45. The van der Waals surface area contributed by atoms with Crippen LogP contribution in [-0.4, -0.2) is 35.2 Å². The molecule has 0 fully saturated rings. The van der Waals surface area contributed by atoms with E-state index in [1.165, 1.54) is 7.11 Å². The molecule has 7 nitrogen and oxygen atoms in total. The lowest BCUT2D eigenvalue weighted by Gasteiger charge is -2.16. The molecule has 1 rings (SSSR count). The molecule has 0 aliphatic rings. The summed E-state index contributed by atoms with van der Waals surface area (Å²) in [6, 6.07) is 2.06. The molecule has 0 radical (unpaired) electrons. The van der Waals surface area contributed by atoms with Crippen molar-refractivity contribution in [3.8, 4) is 5.88 Å². The number of nitrogens with zero attached hydrogens (tertiary/aromatic N) is 1. The van der Waals surface area contributed by atoms with Crippen molar-refractivity contribution in [2.24, 2.45) is 5.92 Å². The molecule has 7 heteroatoms. The summed E-state index contributed by atoms with van der Waals surface area (Å²) in [5, 5.41) is 14.1. The first-order chi connectivity index (χ1) is 9.92. The fraction of sp³-hybridized carbons (Fsp3) is 0.500. The summed E-state index contributed by atoms with van der Waals surface area (Å²) in [5.41, 5.74) is 0.793. The summed E-state index contributed by atoms with van der Waals surface area (Å²) in [7, 11) is 1.52. The lowest BCUT2D eigenvalue weighted by molar-refractivity contribution is -0.139. The van der Waals surface area contributed by atoms with Gasteiger partial charge in [-0.15, -0.1) is 0 Å². The zero-order valence-electron chi connectivity index (χ0n) is 12.4. The zero-order valence-corrected chi connectivity index (χ0v) is 12.4. The first-order valence-electron chi connectivity index (χ1n) is 6.68. The van der Waals surface area contributed by atoms with Crippen LogP contribution in [0.2, 0.25) is 0 Å². The van der Waals surface area contributed by atoms with Crippen LogP contribution in [0.3, 0.4) is 0 Å². The molecule has 0 aliphatic carbocycles. The Morgan fingerprint density at radius 2 is 2.10 bits per heavy atom. The number of carboxylic acid groups (broad SMARTS) is 1. The predicted octanol–water partition coefficient (Wildman–Crippen LogP) is 1.39. The standard InChI is InChI=1S/C14H21N3O4/c1-9(2)6-11(13(18)19)17-14(20)16-8-10-4-5-12(21-3)15-7-10/h4-5,7,9,11H,6,8H2,1-3H3,(H,18,19)(H2,16,17,20)/t11-/m0/s1. The first kappa shape index (κ1) is 16.7. The highest BCUT2D eigenvalue weighted by Crippen LogP contribution is 2.07. The van der Waals surface area contributed by atoms with Gasteiger partial charge in [0.1, 0.15) is 6.04 Å². The molecule has 0 unspecified atom stereocenters. The van der Waals surface area contributed by atoms with E-state index in [0.29, 0.717) is 12.3 Å². The lowest BCUT2D eigenvalue weighted by atomic mass is 10.0. The Morgan fingerprint density at radius 3 is 2.57 bits per heavy atom. The number of carboxylic acids is 1. The van der Waals surface area contributed by atoms with Crippen molar-refractivity contribution in [1.82, 2.24) is 15.6 Å². The number of ether oxygens (including phenoxy) is 1. The fourth-order valence-corrected chi connectivity index (χ4v) is 1.72. The summed E-state index contributed by atoms with van der Waals surface area (Å²) in [4.78, 5) is 26.8. The summed E-state index contributed by atoms with van der Waals surface area (Å²) < 4.78 is 4.93. The van der Waals surface area contributed by atoms with E-state index in [0.717, 1.165) is 5.56 Å². The topological polar surface area (TPSA) is 101 Å². The zero-order chi connectivity index (χ0) is 15.8. The first-order valence-corrected chi connectivity index (χ1v) is 6.68. The van der Waals surface area contributed by atoms with Gasteiger partial charge in [-0.05, 0) is 17.9 Å². The number of hydrogen-bond donors (Lipinski definition) is 3. The minimum Gasteiger partial charge on any atom is -0.481 e. The molecule has 0 spiro atoms. The van der Waals surface area contributed by atoms with Crippen molar-refractivity contribution in [2.45, 2.75) is 32.9 Å². The average Bonchev–Trinajstić information content (AvgIpc) is 2.44. The Hall–Kier alpha value is -2.31. The Morgan fingerprint density at radius 1 is 1.38 bits per heavy atom. The number of hydrogen-bond acceptors (Lipinski definition) is 4. The van der Waals surface area contributed by atoms with Crippen LogP contribution < -0.4 is 15.4 Å². The molecule has 1 heterocycles. The van der Waals surface area contributed by atoms with Crippen molar-refractivity contribution in [3.05, 3.63) is 23.9 Å². The number of carbonyl (C=O) groups is 2. The highest BCUT2D eigenvalue weighted by Gasteiger charge is 2.20. The monoisotopic (exact) mass is 295 g/mol. The third kappa shape index (κ3) is 6.11. The van der Waals surface area contributed by atoms with Gasteiger partial charge in [0.05, 0.1) is 7.11 Å². The number of aliphatic carboxylic acids is 1. The van der Waals surface area contributed by atoms with Crippen molar-refractivity contribution in [3.63, 3.8) is 0 Å². The molecule has 1 atom stereocenters. The molecular formula is C14H21N3O4. The van der Waals surface area contributed by atoms with Gasteiger partial charge in [-0.1, -0.05) is 19.9 Å². The van der Waals surface area contributed by atoms with Crippen molar-refractivity contribution >= 4 is 12.0 Å². The number of methoxy groups -OCH3 is 1. The number of carbonyl (C=O) groups excluding carboxylic acids is 1. The number of pyridine rings is 1. The Labute approximate surface area is 123 Å². The van der Waals surface area contributed by atoms with Gasteiger partial charge >= 0.3 is 12.0 Å². The summed E-state index contributed by atoms with van der Waals surface area (Å²) in [6.45, 7) is 4.06. The van der Waals surface area contributed by atoms with Crippen molar-refractivity contribution < 1.29 is 19.4 Å². The van der Waals surface area contributed by atoms with Gasteiger partial charge in [0.15, 0.2) is 0 Å². The van der Waals surface area contributed by atoms with Crippen LogP contribution in [0.4, 0.5) is 4.79 Å². The van der Waals surface area contributed by atoms with Gasteiger partial charge in [-0.3, -0.25) is 0 Å². The maximum Gasteiger partial charge on any atom is 0.326 e. The fourth-order valence-electron chi connectivity index (χ4n) is 1.72. The van der Waals surface area contributed by atoms with Crippen LogP contribution in [-0.2, 0) is 11.3 Å². The normalized spacial score (nSPS) is 11.8. The molecule has 2 amide bonds. The number of aromatic nitrogens is 1. The van der Waals surface area contributed by atoms with E-state index in [9.17, 15) is 9.59 Å². The minimum absolute atomic E-state index is 0.178. The third-order valence-corrected chi connectivity index (χ3v) is 2.77. The van der Waals surface area contributed by atoms with Crippen molar-refractivity contribution in [1.29, 1.82) is 0 Å². The molecule has 0 aliphatic heterocycles. The van der Waals surface area contributed by atoms with Gasteiger partial charge < -0.3 is 20.5 Å². The maximum absolute atomic E-state index is 11.7. The number of rotatable bonds is 7. The highest BCUT2D eigenvalue weighted by molar-refractivity contribution is 5.82. The molecule has 1 aromatic heterocycles. The van der Waals surface area contributed by atoms with Crippen LogP contribution in [0.5, 0.6) is 5.88 Å². The number of urea groups is 1. The molecule has 0 saturated heterocycles. The summed E-state index contributed by atoms with van der Waals surface area (Å²) in [5.74, 6) is -0.367. The summed E-state index contributed by atoms with van der Waals surface area (Å²) >= 11 is 0. The van der Waals surface area contributed by atoms with Crippen LogP contribution in [0, 0.1) is 5.92 Å².